The van der Waals surface area contributed by atoms with Gasteiger partial charge in [0.05, 0.1) is 30.0 Å². The van der Waals surface area contributed by atoms with Crippen molar-refractivity contribution in [1.29, 1.82) is 0 Å². The van der Waals surface area contributed by atoms with E-state index in [1.54, 1.807) is 30.5 Å². The van der Waals surface area contributed by atoms with Crippen LogP contribution in [-0.4, -0.2) is 36.2 Å². The Morgan fingerprint density at radius 1 is 1.32 bits per heavy atom. The molecule has 0 aliphatic rings. The number of nitrogens with zero attached hydrogens (tertiary/aromatic N) is 2. The number of aromatic nitrogens is 1. The molecule has 6 heteroatoms. The van der Waals surface area contributed by atoms with E-state index in [-0.39, 0.29) is 13.2 Å². The summed E-state index contributed by atoms with van der Waals surface area (Å²) >= 11 is 0. The molecule has 2 aromatic rings. The second-order valence-electron chi connectivity index (χ2n) is 4.13. The predicted molar refractivity (Wildman–Crippen MR) is 71.5 cm³/mol. The van der Waals surface area contributed by atoms with Gasteiger partial charge in [0.15, 0.2) is 0 Å². The largest absolute Gasteiger partial charge is 0.396 e. The van der Waals surface area contributed by atoms with Crippen molar-refractivity contribution in [3.05, 3.63) is 30.5 Å². The lowest BCUT2D eigenvalue weighted by Gasteiger charge is -2.25. The summed E-state index contributed by atoms with van der Waals surface area (Å²) in [6.45, 7) is -0.561. The SMILES string of the molecule is Nc1c(N(CCO)CC(F)F)ccc2ncccc12. The van der Waals surface area contributed by atoms with Gasteiger partial charge in [-0.3, -0.25) is 4.98 Å². The molecule has 1 aromatic heterocycles. The summed E-state index contributed by atoms with van der Waals surface area (Å²) in [5.74, 6) is 0. The first-order chi connectivity index (χ1) is 9.13. The zero-order valence-corrected chi connectivity index (χ0v) is 10.3. The molecule has 0 saturated carbocycles. The summed E-state index contributed by atoms with van der Waals surface area (Å²) in [5, 5.41) is 9.69. The molecule has 0 amide bonds. The summed E-state index contributed by atoms with van der Waals surface area (Å²) in [6.07, 6.45) is -0.845. The predicted octanol–water partition coefficient (Wildman–Crippen LogP) is 1.88. The first-order valence-electron chi connectivity index (χ1n) is 5.90. The molecular formula is C13H15F2N3O. The van der Waals surface area contributed by atoms with Crippen molar-refractivity contribution in [2.24, 2.45) is 0 Å². The number of pyridine rings is 1. The van der Waals surface area contributed by atoms with E-state index in [1.165, 1.54) is 4.90 Å². The number of alkyl halides is 2. The number of hydrogen-bond donors (Lipinski definition) is 2. The zero-order chi connectivity index (χ0) is 13.8. The second kappa shape index (κ2) is 5.79. The van der Waals surface area contributed by atoms with Gasteiger partial charge in [-0.2, -0.15) is 0 Å². The van der Waals surface area contributed by atoms with E-state index < -0.39 is 13.0 Å². The number of nitrogen functional groups attached to an aromatic ring is 1. The van der Waals surface area contributed by atoms with Gasteiger partial charge in [0.25, 0.3) is 6.43 Å². The fourth-order valence-corrected chi connectivity index (χ4v) is 2.04. The molecule has 0 aliphatic carbocycles. The van der Waals surface area contributed by atoms with Crippen LogP contribution in [0.15, 0.2) is 30.5 Å². The van der Waals surface area contributed by atoms with Gasteiger partial charge in [0, 0.05) is 18.1 Å². The molecule has 1 aromatic carbocycles. The van der Waals surface area contributed by atoms with Crippen LogP contribution in [0.5, 0.6) is 0 Å². The summed E-state index contributed by atoms with van der Waals surface area (Å²) in [5.41, 5.74) is 7.63. The summed E-state index contributed by atoms with van der Waals surface area (Å²) < 4.78 is 25.1. The van der Waals surface area contributed by atoms with Gasteiger partial charge >= 0.3 is 0 Å². The Morgan fingerprint density at radius 2 is 2.11 bits per heavy atom. The number of aliphatic hydroxyl groups is 1. The Balaban J connectivity index is 2.44. The number of fused-ring (bicyclic) bond motifs is 1. The standard InChI is InChI=1S/C13H15F2N3O/c14-12(15)8-18(6-7-19)11-4-3-10-9(13(11)16)2-1-5-17-10/h1-5,12,19H,6-8,16H2. The van der Waals surface area contributed by atoms with Crippen LogP contribution >= 0.6 is 0 Å². The molecule has 0 unspecified atom stereocenters. The Kier molecular flexibility index (Phi) is 4.11. The third-order valence-corrected chi connectivity index (χ3v) is 2.87. The fourth-order valence-electron chi connectivity index (χ4n) is 2.04. The minimum Gasteiger partial charge on any atom is -0.396 e. The first-order valence-corrected chi connectivity index (χ1v) is 5.90. The van der Waals surface area contributed by atoms with Gasteiger partial charge in [-0.05, 0) is 24.3 Å². The highest BCUT2D eigenvalue weighted by molar-refractivity contribution is 5.97. The number of rotatable bonds is 5. The lowest BCUT2D eigenvalue weighted by Crippen LogP contribution is -2.32. The maximum Gasteiger partial charge on any atom is 0.255 e. The van der Waals surface area contributed by atoms with Crippen molar-refractivity contribution in [1.82, 2.24) is 4.98 Å². The highest BCUT2D eigenvalue weighted by Gasteiger charge is 2.16. The maximum absolute atomic E-state index is 12.6. The first kappa shape index (κ1) is 13.5. The Morgan fingerprint density at radius 3 is 2.79 bits per heavy atom. The van der Waals surface area contributed by atoms with Gasteiger partial charge in [-0.1, -0.05) is 0 Å². The topological polar surface area (TPSA) is 62.4 Å². The van der Waals surface area contributed by atoms with Crippen molar-refractivity contribution in [3.63, 3.8) is 0 Å². The van der Waals surface area contributed by atoms with Crippen molar-refractivity contribution >= 4 is 22.3 Å². The second-order valence-corrected chi connectivity index (χ2v) is 4.13. The molecular weight excluding hydrogens is 252 g/mol. The smallest absolute Gasteiger partial charge is 0.255 e. The Hall–Kier alpha value is -1.95. The number of halogens is 2. The van der Waals surface area contributed by atoms with Crippen LogP contribution in [0.1, 0.15) is 0 Å². The monoisotopic (exact) mass is 267 g/mol. The van der Waals surface area contributed by atoms with Gasteiger partial charge in [-0.15, -0.1) is 0 Å². The highest BCUT2D eigenvalue weighted by atomic mass is 19.3. The van der Waals surface area contributed by atoms with Crippen LogP contribution in [0.25, 0.3) is 10.9 Å². The molecule has 1 heterocycles. The van der Waals surface area contributed by atoms with Gasteiger partial charge < -0.3 is 15.7 Å². The van der Waals surface area contributed by atoms with E-state index >= 15 is 0 Å². The number of hydrogen-bond acceptors (Lipinski definition) is 4. The molecule has 2 rings (SSSR count). The minimum atomic E-state index is -2.49. The third kappa shape index (κ3) is 2.90. The summed E-state index contributed by atoms with van der Waals surface area (Å²) in [6, 6.07) is 6.92. The van der Waals surface area contributed by atoms with Crippen LogP contribution in [0.3, 0.4) is 0 Å². The van der Waals surface area contributed by atoms with Crippen molar-refractivity contribution in [2.45, 2.75) is 6.43 Å². The van der Waals surface area contributed by atoms with Crippen LogP contribution < -0.4 is 10.6 Å². The summed E-state index contributed by atoms with van der Waals surface area (Å²) in [7, 11) is 0. The maximum atomic E-state index is 12.6. The molecule has 19 heavy (non-hydrogen) atoms. The Bertz CT molecular complexity index is 563. The third-order valence-electron chi connectivity index (χ3n) is 2.87. The molecule has 0 atom stereocenters. The summed E-state index contributed by atoms with van der Waals surface area (Å²) in [4.78, 5) is 5.53. The van der Waals surface area contributed by atoms with Crippen molar-refractivity contribution in [2.75, 3.05) is 30.3 Å². The zero-order valence-electron chi connectivity index (χ0n) is 10.3. The average Bonchev–Trinajstić information content (AvgIpc) is 2.38. The minimum absolute atomic E-state index is 0.111. The van der Waals surface area contributed by atoms with Gasteiger partial charge in [0.1, 0.15) is 0 Å². The van der Waals surface area contributed by atoms with Crippen LogP contribution in [0.4, 0.5) is 20.2 Å². The van der Waals surface area contributed by atoms with E-state index in [0.29, 0.717) is 16.9 Å². The van der Waals surface area contributed by atoms with E-state index in [0.717, 1.165) is 5.39 Å². The molecule has 4 nitrogen and oxygen atoms in total. The Labute approximate surface area is 109 Å². The quantitative estimate of drug-likeness (QED) is 0.812. The van der Waals surface area contributed by atoms with Crippen LogP contribution in [-0.2, 0) is 0 Å². The van der Waals surface area contributed by atoms with Gasteiger partial charge in [-0.25, -0.2) is 8.78 Å². The molecule has 0 fully saturated rings. The average molecular weight is 267 g/mol. The van der Waals surface area contributed by atoms with Gasteiger partial charge in [0.2, 0.25) is 0 Å². The van der Waals surface area contributed by atoms with Crippen molar-refractivity contribution in [3.8, 4) is 0 Å². The lowest BCUT2D eigenvalue weighted by molar-refractivity contribution is 0.153. The van der Waals surface area contributed by atoms with Crippen LogP contribution in [0.2, 0.25) is 0 Å². The van der Waals surface area contributed by atoms with E-state index in [2.05, 4.69) is 4.98 Å². The molecule has 0 bridgehead atoms. The van der Waals surface area contributed by atoms with Crippen molar-refractivity contribution < 1.29 is 13.9 Å². The molecule has 0 radical (unpaired) electrons. The van der Waals surface area contributed by atoms with Crippen LogP contribution in [0, 0.1) is 0 Å². The molecule has 0 spiro atoms. The molecule has 0 saturated heterocycles. The van der Waals surface area contributed by atoms with E-state index in [4.69, 9.17) is 10.8 Å². The molecule has 102 valence electrons. The lowest BCUT2D eigenvalue weighted by atomic mass is 10.1. The number of benzene rings is 1. The molecule has 0 aliphatic heterocycles. The number of nitrogens with two attached hydrogens (primary N) is 1. The molecule has 3 N–H and O–H groups in total. The number of aliphatic hydroxyl groups excluding tert-OH is 1. The normalized spacial score (nSPS) is 11.2. The van der Waals surface area contributed by atoms with E-state index in [1.807, 2.05) is 0 Å². The highest BCUT2D eigenvalue weighted by Crippen LogP contribution is 2.30. The van der Waals surface area contributed by atoms with E-state index in [9.17, 15) is 8.78 Å². The fraction of sp³-hybridized carbons (Fsp3) is 0.308. The number of anilines is 2.